The molecule has 2 aliphatic heterocycles. The first-order valence-corrected chi connectivity index (χ1v) is 10.7. The van der Waals surface area contributed by atoms with Crippen LogP contribution in [0.15, 0.2) is 78.9 Å². The van der Waals surface area contributed by atoms with Crippen molar-refractivity contribution in [1.29, 1.82) is 0 Å². The van der Waals surface area contributed by atoms with Crippen LogP contribution in [-0.2, 0) is 6.42 Å². The fraction of sp³-hybridized carbons (Fsp3) is 0.308. The molecule has 3 unspecified atom stereocenters. The molecule has 0 aliphatic carbocycles. The summed E-state index contributed by atoms with van der Waals surface area (Å²) in [4.78, 5) is 4.36. The number of hydrogen-bond donors (Lipinski definition) is 1. The summed E-state index contributed by atoms with van der Waals surface area (Å²) in [7, 11) is 0. The highest BCUT2D eigenvalue weighted by atomic mass is 16.5. The van der Waals surface area contributed by atoms with Gasteiger partial charge >= 0.3 is 0 Å². The van der Waals surface area contributed by atoms with E-state index in [1.54, 1.807) is 4.90 Å². The van der Waals surface area contributed by atoms with E-state index in [0.29, 0.717) is 0 Å². The predicted octanol–water partition coefficient (Wildman–Crippen LogP) is 4.00. The highest BCUT2D eigenvalue weighted by Gasteiger charge is 2.47. The lowest BCUT2D eigenvalue weighted by Crippen LogP contribution is -3.11. The van der Waals surface area contributed by atoms with Crippen molar-refractivity contribution < 1.29 is 9.64 Å². The Morgan fingerprint density at radius 2 is 1.62 bits per heavy atom. The number of likely N-dealkylation sites (tertiary alicyclic amines) is 1. The normalized spacial score (nSPS) is 23.4. The second-order valence-electron chi connectivity index (χ2n) is 8.43. The van der Waals surface area contributed by atoms with Crippen LogP contribution in [0.2, 0.25) is 0 Å². The highest BCUT2D eigenvalue weighted by molar-refractivity contribution is 5.39. The van der Waals surface area contributed by atoms with E-state index < -0.39 is 0 Å². The summed E-state index contributed by atoms with van der Waals surface area (Å²) < 4.78 is 5.94. The summed E-state index contributed by atoms with van der Waals surface area (Å²) in [6.07, 6.45) is 2.49. The number of nitrogens with one attached hydrogen (secondary N) is 1. The van der Waals surface area contributed by atoms with Crippen molar-refractivity contribution >= 4 is 5.69 Å². The van der Waals surface area contributed by atoms with Crippen molar-refractivity contribution in [2.75, 3.05) is 19.6 Å². The van der Waals surface area contributed by atoms with Crippen molar-refractivity contribution in [2.45, 2.75) is 31.8 Å². The van der Waals surface area contributed by atoms with Crippen molar-refractivity contribution in [3.05, 3.63) is 90.0 Å². The molecule has 2 saturated heterocycles. The number of para-hydroxylation sites is 1. The Kier molecular flexibility index (Phi) is 5.09. The summed E-state index contributed by atoms with van der Waals surface area (Å²) in [5, 5.41) is 0. The van der Waals surface area contributed by atoms with E-state index in [1.807, 2.05) is 30.3 Å². The maximum absolute atomic E-state index is 5.94. The first-order chi connectivity index (χ1) is 14.3. The van der Waals surface area contributed by atoms with E-state index in [4.69, 9.17) is 4.74 Å². The SMILES string of the molecule is Cc1ccccc1CCN1CC2CC1C[NH+]2c1ccc(Oc2ccccc2)cc1. The number of piperazine rings is 1. The van der Waals surface area contributed by atoms with Gasteiger partial charge in [0.2, 0.25) is 0 Å². The summed E-state index contributed by atoms with van der Waals surface area (Å²) in [5.74, 6) is 1.79. The van der Waals surface area contributed by atoms with E-state index in [9.17, 15) is 0 Å². The van der Waals surface area contributed by atoms with Gasteiger partial charge in [0.25, 0.3) is 0 Å². The first-order valence-electron chi connectivity index (χ1n) is 10.7. The highest BCUT2D eigenvalue weighted by Crippen LogP contribution is 2.25. The van der Waals surface area contributed by atoms with Crippen LogP contribution in [0.25, 0.3) is 0 Å². The molecule has 3 atom stereocenters. The minimum atomic E-state index is 0.720. The van der Waals surface area contributed by atoms with Crippen LogP contribution in [0.4, 0.5) is 5.69 Å². The van der Waals surface area contributed by atoms with Gasteiger partial charge in [0, 0.05) is 25.1 Å². The Bertz CT molecular complexity index is 954. The van der Waals surface area contributed by atoms with E-state index >= 15 is 0 Å². The smallest absolute Gasteiger partial charge is 0.131 e. The van der Waals surface area contributed by atoms with E-state index in [1.165, 1.54) is 42.9 Å². The lowest BCUT2D eigenvalue weighted by atomic mass is 10.1. The van der Waals surface area contributed by atoms with Crippen LogP contribution >= 0.6 is 0 Å². The van der Waals surface area contributed by atoms with Gasteiger partial charge in [-0.25, -0.2) is 0 Å². The van der Waals surface area contributed by atoms with Crippen molar-refractivity contribution in [2.24, 2.45) is 0 Å². The van der Waals surface area contributed by atoms with Gasteiger partial charge in [0.15, 0.2) is 0 Å². The van der Waals surface area contributed by atoms with Crippen LogP contribution in [0.3, 0.4) is 0 Å². The molecule has 0 amide bonds. The molecule has 0 radical (unpaired) electrons. The Morgan fingerprint density at radius 3 is 2.34 bits per heavy atom. The molecular weight excluding hydrogens is 356 g/mol. The number of aryl methyl sites for hydroxylation is 1. The van der Waals surface area contributed by atoms with Gasteiger partial charge in [0.05, 0.1) is 19.1 Å². The summed E-state index contributed by atoms with van der Waals surface area (Å²) in [6.45, 7) is 5.84. The molecule has 3 aromatic carbocycles. The van der Waals surface area contributed by atoms with E-state index in [-0.39, 0.29) is 0 Å². The van der Waals surface area contributed by atoms with Gasteiger partial charge < -0.3 is 4.74 Å². The van der Waals surface area contributed by atoms with Crippen LogP contribution in [0.1, 0.15) is 17.5 Å². The number of rotatable bonds is 6. The van der Waals surface area contributed by atoms with Crippen LogP contribution in [0, 0.1) is 6.92 Å². The average Bonchev–Trinajstić information content (AvgIpc) is 3.35. The third kappa shape index (κ3) is 3.93. The topological polar surface area (TPSA) is 16.9 Å². The molecular formula is C26H29N2O+. The Labute approximate surface area is 173 Å². The molecule has 5 rings (SSSR count). The fourth-order valence-corrected chi connectivity index (χ4v) is 5.01. The van der Waals surface area contributed by atoms with Crippen molar-refractivity contribution in [3.8, 4) is 11.5 Å². The zero-order chi connectivity index (χ0) is 19.6. The van der Waals surface area contributed by atoms with Crippen molar-refractivity contribution in [1.82, 2.24) is 4.90 Å². The molecule has 29 heavy (non-hydrogen) atoms. The van der Waals surface area contributed by atoms with Gasteiger partial charge in [-0.2, -0.15) is 0 Å². The molecule has 0 spiro atoms. The first kappa shape index (κ1) is 18.4. The molecule has 1 N–H and O–H groups in total. The molecule has 2 heterocycles. The fourth-order valence-electron chi connectivity index (χ4n) is 5.01. The number of ether oxygens (including phenoxy) is 1. The minimum absolute atomic E-state index is 0.720. The number of fused-ring (bicyclic) bond motifs is 2. The molecule has 0 saturated carbocycles. The Hall–Kier alpha value is -2.62. The Balaban J connectivity index is 1.18. The number of nitrogens with zero attached hydrogens (tertiary/aromatic N) is 1. The number of benzene rings is 3. The maximum atomic E-state index is 5.94. The quantitative estimate of drug-likeness (QED) is 0.691. The van der Waals surface area contributed by atoms with E-state index in [2.05, 4.69) is 60.4 Å². The molecule has 2 fully saturated rings. The molecule has 0 aromatic heterocycles. The zero-order valence-electron chi connectivity index (χ0n) is 17.1. The maximum Gasteiger partial charge on any atom is 0.131 e. The summed E-state index contributed by atoms with van der Waals surface area (Å²) >= 11 is 0. The third-order valence-corrected chi connectivity index (χ3v) is 6.61. The zero-order valence-corrected chi connectivity index (χ0v) is 17.1. The predicted molar refractivity (Wildman–Crippen MR) is 117 cm³/mol. The molecule has 2 bridgehead atoms. The number of hydrogen-bond acceptors (Lipinski definition) is 2. The van der Waals surface area contributed by atoms with Gasteiger partial charge in [-0.05, 0) is 48.7 Å². The van der Waals surface area contributed by atoms with Crippen LogP contribution < -0.4 is 9.64 Å². The van der Waals surface area contributed by atoms with Gasteiger partial charge in [-0.15, -0.1) is 0 Å². The van der Waals surface area contributed by atoms with Crippen molar-refractivity contribution in [3.63, 3.8) is 0 Å². The second kappa shape index (κ2) is 8.02. The van der Waals surface area contributed by atoms with Gasteiger partial charge in [-0.3, -0.25) is 9.80 Å². The molecule has 3 nitrogen and oxygen atoms in total. The average molecular weight is 386 g/mol. The lowest BCUT2D eigenvalue weighted by Gasteiger charge is -2.31. The minimum Gasteiger partial charge on any atom is -0.457 e. The monoisotopic (exact) mass is 385 g/mol. The molecule has 148 valence electrons. The number of quaternary nitrogens is 1. The van der Waals surface area contributed by atoms with Gasteiger partial charge in [0.1, 0.15) is 23.2 Å². The molecule has 2 aliphatic rings. The molecule has 3 aromatic rings. The Morgan fingerprint density at radius 1 is 0.897 bits per heavy atom. The third-order valence-electron chi connectivity index (χ3n) is 6.61. The summed E-state index contributed by atoms with van der Waals surface area (Å²) in [5.41, 5.74) is 4.31. The second-order valence-corrected chi connectivity index (χ2v) is 8.43. The van der Waals surface area contributed by atoms with E-state index in [0.717, 1.165) is 30.0 Å². The standard InChI is InChI=1S/C26H28N2O/c1-20-7-5-6-8-21(20)15-16-27-18-24-17-23(27)19-28(24)22-11-13-26(14-12-22)29-25-9-3-2-4-10-25/h2-14,23-24H,15-19H2,1H3/p+1. The lowest BCUT2D eigenvalue weighted by molar-refractivity contribution is -0.851. The van der Waals surface area contributed by atoms with Gasteiger partial charge in [-0.1, -0.05) is 42.5 Å². The summed E-state index contributed by atoms with van der Waals surface area (Å²) in [6, 6.07) is 28.9. The largest absolute Gasteiger partial charge is 0.457 e. The molecule has 3 heteroatoms. The van der Waals surface area contributed by atoms with Crippen LogP contribution in [-0.4, -0.2) is 36.6 Å². The van der Waals surface area contributed by atoms with Crippen LogP contribution in [0.5, 0.6) is 11.5 Å².